The molecule has 2 atom stereocenters. The lowest BCUT2D eigenvalue weighted by Crippen LogP contribution is -2.45. The zero-order chi connectivity index (χ0) is 16.4. The van der Waals surface area contributed by atoms with Crippen LogP contribution in [0.15, 0.2) is 12.4 Å². The average Bonchev–Trinajstić information content (AvgIpc) is 3.24. The highest BCUT2D eigenvalue weighted by Crippen LogP contribution is 2.31. The van der Waals surface area contributed by atoms with Crippen molar-refractivity contribution in [2.24, 2.45) is 5.92 Å². The first kappa shape index (κ1) is 16.1. The monoisotopic (exact) mass is 340 g/mol. The number of nitrogens with zero attached hydrogens (tertiary/aromatic N) is 2. The minimum absolute atomic E-state index is 0.0760. The molecule has 2 heterocycles. The van der Waals surface area contributed by atoms with Crippen LogP contribution in [0.3, 0.4) is 0 Å². The summed E-state index contributed by atoms with van der Waals surface area (Å²) in [4.78, 5) is 20.4. The molecular weight excluding hydrogens is 320 g/mol. The number of hydrogen-bond donors (Lipinski definition) is 2. The predicted octanol–water partition coefficient (Wildman–Crippen LogP) is 0.363. The number of methoxy groups -OCH3 is 1. The van der Waals surface area contributed by atoms with E-state index < -0.39 is 28.0 Å². The van der Waals surface area contributed by atoms with Crippen LogP contribution in [0.4, 0.5) is 10.5 Å². The number of aromatic nitrogens is 2. The molecule has 1 aliphatic carbocycles. The molecule has 1 aromatic rings. The Morgan fingerprint density at radius 3 is 2.61 bits per heavy atom. The number of rotatable bonds is 5. The van der Waals surface area contributed by atoms with Crippen LogP contribution in [0.5, 0.6) is 0 Å². The maximum absolute atomic E-state index is 12.0. The largest absolute Gasteiger partial charge is 0.378 e. The van der Waals surface area contributed by atoms with Crippen LogP contribution in [0.2, 0.25) is 0 Å². The van der Waals surface area contributed by atoms with E-state index in [4.69, 9.17) is 4.74 Å². The van der Waals surface area contributed by atoms with Crippen molar-refractivity contribution in [1.29, 1.82) is 0 Å². The van der Waals surface area contributed by atoms with Crippen LogP contribution in [-0.2, 0) is 21.0 Å². The van der Waals surface area contributed by atoms with Crippen molar-refractivity contribution in [3.05, 3.63) is 18.2 Å². The number of nitrogens with one attached hydrogen (secondary N) is 2. The van der Waals surface area contributed by atoms with Crippen LogP contribution in [0, 0.1) is 5.92 Å². The molecule has 0 radical (unpaired) electrons. The fourth-order valence-electron chi connectivity index (χ4n) is 2.62. The quantitative estimate of drug-likeness (QED) is 0.801. The Hall–Kier alpha value is -1.74. The van der Waals surface area contributed by atoms with Crippen LogP contribution >= 0.6 is 0 Å². The second kappa shape index (κ2) is 6.40. The van der Waals surface area contributed by atoms with Crippen molar-refractivity contribution >= 4 is 21.6 Å². The summed E-state index contributed by atoms with van der Waals surface area (Å²) >= 11 is 0. The second-order valence-electron chi connectivity index (χ2n) is 6.09. The predicted molar refractivity (Wildman–Crippen MR) is 83.9 cm³/mol. The standard InChI is InChI=1S/C14H20N4O4S/c1-22-12-8-23(20,21)7-11(12)18-14(19)17-10-5-15-13(16-6-10)4-9-2-3-9/h5-6,9,11-12H,2-4,7-8H2,1H3,(H2,17,18,19). The van der Waals surface area contributed by atoms with Crippen LogP contribution in [-0.4, -0.2) is 55.2 Å². The first-order valence-electron chi connectivity index (χ1n) is 7.57. The molecule has 1 aliphatic heterocycles. The molecular formula is C14H20N4O4S. The van der Waals surface area contributed by atoms with Crippen LogP contribution < -0.4 is 10.6 Å². The van der Waals surface area contributed by atoms with E-state index in [0.29, 0.717) is 11.6 Å². The van der Waals surface area contributed by atoms with Crippen molar-refractivity contribution in [3.8, 4) is 0 Å². The summed E-state index contributed by atoms with van der Waals surface area (Å²) < 4.78 is 28.3. The van der Waals surface area contributed by atoms with Gasteiger partial charge in [0, 0.05) is 13.5 Å². The Morgan fingerprint density at radius 1 is 1.30 bits per heavy atom. The summed E-state index contributed by atoms with van der Waals surface area (Å²) in [7, 11) is -1.74. The number of carbonyl (C=O) groups is 1. The van der Waals surface area contributed by atoms with Gasteiger partial charge in [-0.2, -0.15) is 0 Å². The summed E-state index contributed by atoms with van der Waals surface area (Å²) in [5.41, 5.74) is 0.469. The Bertz CT molecular complexity index is 673. The molecule has 2 aliphatic rings. The summed E-state index contributed by atoms with van der Waals surface area (Å²) in [6.07, 6.45) is 5.94. The summed E-state index contributed by atoms with van der Waals surface area (Å²) in [5.74, 6) is 1.29. The van der Waals surface area contributed by atoms with Gasteiger partial charge in [0.15, 0.2) is 9.84 Å². The molecule has 3 rings (SSSR count). The van der Waals surface area contributed by atoms with Gasteiger partial charge in [-0.15, -0.1) is 0 Å². The maximum atomic E-state index is 12.0. The summed E-state index contributed by atoms with van der Waals surface area (Å²) in [6.45, 7) is 0. The maximum Gasteiger partial charge on any atom is 0.319 e. The number of ether oxygens (including phenoxy) is 1. The van der Waals surface area contributed by atoms with Gasteiger partial charge in [0.2, 0.25) is 0 Å². The molecule has 126 valence electrons. The molecule has 2 N–H and O–H groups in total. The molecule has 8 nitrogen and oxygen atoms in total. The summed E-state index contributed by atoms with van der Waals surface area (Å²) in [6, 6.07) is -1.05. The summed E-state index contributed by atoms with van der Waals surface area (Å²) in [5, 5.41) is 5.24. The minimum Gasteiger partial charge on any atom is -0.378 e. The van der Waals surface area contributed by atoms with E-state index in [1.807, 2.05) is 0 Å². The van der Waals surface area contributed by atoms with Gasteiger partial charge >= 0.3 is 6.03 Å². The van der Waals surface area contributed by atoms with Crippen LogP contribution in [0.25, 0.3) is 0 Å². The normalized spacial score (nSPS) is 26.0. The van der Waals surface area contributed by atoms with Crippen molar-refractivity contribution in [1.82, 2.24) is 15.3 Å². The smallest absolute Gasteiger partial charge is 0.319 e. The molecule has 2 unspecified atom stereocenters. The Kier molecular flexibility index (Phi) is 4.49. The third-order valence-corrected chi connectivity index (χ3v) is 5.75. The van der Waals surface area contributed by atoms with E-state index in [-0.39, 0.29) is 11.5 Å². The lowest BCUT2D eigenvalue weighted by Gasteiger charge is -2.18. The lowest BCUT2D eigenvalue weighted by molar-refractivity contribution is 0.102. The number of sulfone groups is 1. The number of carbonyl (C=O) groups excluding carboxylic acids is 1. The van der Waals surface area contributed by atoms with Gasteiger partial charge in [-0.05, 0) is 18.8 Å². The van der Waals surface area contributed by atoms with Gasteiger partial charge in [0.05, 0.1) is 41.7 Å². The molecule has 1 aromatic heterocycles. The van der Waals surface area contributed by atoms with E-state index in [1.54, 1.807) is 12.4 Å². The van der Waals surface area contributed by atoms with Crippen molar-refractivity contribution in [2.45, 2.75) is 31.4 Å². The van der Waals surface area contributed by atoms with E-state index in [0.717, 1.165) is 12.2 Å². The van der Waals surface area contributed by atoms with Gasteiger partial charge in [0.25, 0.3) is 0 Å². The zero-order valence-corrected chi connectivity index (χ0v) is 13.7. The highest BCUT2D eigenvalue weighted by molar-refractivity contribution is 7.91. The Labute approximate surface area is 135 Å². The highest BCUT2D eigenvalue weighted by atomic mass is 32.2. The van der Waals surface area contributed by atoms with Gasteiger partial charge in [0.1, 0.15) is 5.82 Å². The number of anilines is 1. The average molecular weight is 340 g/mol. The molecule has 1 saturated heterocycles. The van der Waals surface area contributed by atoms with Crippen molar-refractivity contribution in [3.63, 3.8) is 0 Å². The first-order valence-corrected chi connectivity index (χ1v) is 9.39. The molecule has 23 heavy (non-hydrogen) atoms. The third-order valence-electron chi connectivity index (χ3n) is 4.05. The molecule has 0 aromatic carbocycles. The Morgan fingerprint density at radius 2 is 2.00 bits per heavy atom. The molecule has 0 bridgehead atoms. The van der Waals surface area contributed by atoms with Crippen molar-refractivity contribution in [2.75, 3.05) is 23.9 Å². The SMILES string of the molecule is COC1CS(=O)(=O)CC1NC(=O)Nc1cnc(CC2CC2)nc1. The van der Waals surface area contributed by atoms with Crippen molar-refractivity contribution < 1.29 is 17.9 Å². The zero-order valence-electron chi connectivity index (χ0n) is 12.9. The topological polar surface area (TPSA) is 110 Å². The molecule has 2 amide bonds. The van der Waals surface area contributed by atoms with E-state index in [9.17, 15) is 13.2 Å². The molecule has 1 saturated carbocycles. The fraction of sp³-hybridized carbons (Fsp3) is 0.643. The fourth-order valence-corrected chi connectivity index (χ4v) is 4.47. The van der Waals surface area contributed by atoms with E-state index in [1.165, 1.54) is 20.0 Å². The van der Waals surface area contributed by atoms with Crippen LogP contribution in [0.1, 0.15) is 18.7 Å². The minimum atomic E-state index is -3.18. The molecule has 2 fully saturated rings. The number of hydrogen-bond acceptors (Lipinski definition) is 6. The number of urea groups is 1. The highest BCUT2D eigenvalue weighted by Gasteiger charge is 2.38. The second-order valence-corrected chi connectivity index (χ2v) is 8.25. The third kappa shape index (κ3) is 4.38. The molecule has 9 heteroatoms. The van der Waals surface area contributed by atoms with E-state index >= 15 is 0 Å². The lowest BCUT2D eigenvalue weighted by atomic mass is 10.2. The molecule has 0 spiro atoms. The first-order chi connectivity index (χ1) is 10.9. The number of amides is 2. The Balaban J connectivity index is 1.54. The van der Waals surface area contributed by atoms with Gasteiger partial charge in [-0.1, -0.05) is 0 Å². The van der Waals surface area contributed by atoms with Gasteiger partial charge in [-0.3, -0.25) is 0 Å². The van der Waals surface area contributed by atoms with Gasteiger partial charge in [-0.25, -0.2) is 23.2 Å². The van der Waals surface area contributed by atoms with E-state index in [2.05, 4.69) is 20.6 Å². The van der Waals surface area contributed by atoms with Gasteiger partial charge < -0.3 is 15.4 Å².